The van der Waals surface area contributed by atoms with Crippen molar-refractivity contribution in [2.45, 2.75) is 277 Å². The third-order valence-corrected chi connectivity index (χ3v) is 11.2. The van der Waals surface area contributed by atoms with Crippen molar-refractivity contribution in [3.63, 3.8) is 0 Å². The first-order valence-electron chi connectivity index (χ1n) is 25.3. The number of allylic oxidation sites excluding steroid dienone is 4. The number of carbonyl (C=O) groups excluding carboxylic acids is 3. The number of hydrogen-bond donors (Lipinski definition) is 0. The van der Waals surface area contributed by atoms with E-state index in [9.17, 15) is 14.4 Å². The van der Waals surface area contributed by atoms with Gasteiger partial charge in [0, 0.05) is 19.3 Å². The summed E-state index contributed by atoms with van der Waals surface area (Å²) in [6.45, 7) is 6.60. The summed E-state index contributed by atoms with van der Waals surface area (Å²) >= 11 is 0. The maximum Gasteiger partial charge on any atom is 0.306 e. The molecule has 1 unspecified atom stereocenters. The van der Waals surface area contributed by atoms with E-state index in [4.69, 9.17) is 14.2 Å². The van der Waals surface area contributed by atoms with Crippen LogP contribution in [0.1, 0.15) is 271 Å². The number of ether oxygens (including phenoxy) is 3. The molecule has 0 aliphatic carbocycles. The zero-order valence-electron chi connectivity index (χ0n) is 38.8. The molecule has 0 fully saturated rings. The standard InChI is InChI=1S/C52H96O6/c1-4-7-10-13-16-19-22-24-26-27-29-30-33-36-39-42-45-51(54)57-48-49(47-56-50(53)44-41-38-35-32-21-18-15-12-9-6-3)58-52(55)46-43-40-37-34-31-28-25-23-20-17-14-11-8-5-2/h14,17,23,25,49H,4-13,15-16,18-22,24,26-48H2,1-3H3/b17-14-,25-23-. The number of carbonyl (C=O) groups is 3. The summed E-state index contributed by atoms with van der Waals surface area (Å²) in [5, 5.41) is 0. The van der Waals surface area contributed by atoms with Gasteiger partial charge in [0.05, 0.1) is 0 Å². The molecule has 0 saturated heterocycles. The lowest BCUT2D eigenvalue weighted by atomic mass is 10.0. The van der Waals surface area contributed by atoms with Gasteiger partial charge in [-0.25, -0.2) is 0 Å². The van der Waals surface area contributed by atoms with Crippen molar-refractivity contribution < 1.29 is 28.6 Å². The van der Waals surface area contributed by atoms with Crippen LogP contribution < -0.4 is 0 Å². The van der Waals surface area contributed by atoms with Gasteiger partial charge in [-0.15, -0.1) is 0 Å². The van der Waals surface area contributed by atoms with E-state index in [2.05, 4.69) is 45.1 Å². The second-order valence-corrected chi connectivity index (χ2v) is 17.1. The Hall–Kier alpha value is -2.11. The SMILES string of the molecule is CCCC/C=C\C/C=C\CCCCCCCC(=O)OC(COC(=O)CCCCCCCCCCCC)COC(=O)CCCCCCCCCCCCCCCCCC. The van der Waals surface area contributed by atoms with Crippen LogP contribution in [0.5, 0.6) is 0 Å². The normalized spacial score (nSPS) is 12.1. The van der Waals surface area contributed by atoms with E-state index in [1.165, 1.54) is 148 Å². The van der Waals surface area contributed by atoms with Crippen molar-refractivity contribution >= 4 is 17.9 Å². The fraction of sp³-hybridized carbons (Fsp3) is 0.865. The average molecular weight is 817 g/mol. The van der Waals surface area contributed by atoms with Crippen LogP contribution >= 0.6 is 0 Å². The molecule has 6 nitrogen and oxygen atoms in total. The Morgan fingerprint density at radius 1 is 0.345 bits per heavy atom. The highest BCUT2D eigenvalue weighted by atomic mass is 16.6. The lowest BCUT2D eigenvalue weighted by molar-refractivity contribution is -0.167. The lowest BCUT2D eigenvalue weighted by Crippen LogP contribution is -2.30. The summed E-state index contributed by atoms with van der Waals surface area (Å²) in [6.07, 6.45) is 53.0. The summed E-state index contributed by atoms with van der Waals surface area (Å²) < 4.78 is 16.8. The third kappa shape index (κ3) is 45.0. The van der Waals surface area contributed by atoms with Crippen molar-refractivity contribution in [2.75, 3.05) is 13.2 Å². The molecule has 0 heterocycles. The lowest BCUT2D eigenvalue weighted by Gasteiger charge is -2.18. The Bertz CT molecular complexity index is 942. The maximum absolute atomic E-state index is 12.8. The van der Waals surface area contributed by atoms with Gasteiger partial charge in [0.2, 0.25) is 0 Å². The number of hydrogen-bond acceptors (Lipinski definition) is 6. The molecule has 0 radical (unpaired) electrons. The van der Waals surface area contributed by atoms with Gasteiger partial charge in [-0.05, 0) is 44.9 Å². The third-order valence-electron chi connectivity index (χ3n) is 11.2. The molecule has 0 aromatic heterocycles. The van der Waals surface area contributed by atoms with Crippen molar-refractivity contribution in [2.24, 2.45) is 0 Å². The van der Waals surface area contributed by atoms with Gasteiger partial charge in [-0.2, -0.15) is 0 Å². The smallest absolute Gasteiger partial charge is 0.306 e. The van der Waals surface area contributed by atoms with Crippen LogP contribution in [0, 0.1) is 0 Å². The second kappa shape index (κ2) is 47.6. The predicted octanol–water partition coefficient (Wildman–Crippen LogP) is 16.4. The molecule has 0 aromatic carbocycles. The minimum absolute atomic E-state index is 0.0724. The van der Waals surface area contributed by atoms with Gasteiger partial charge in [0.1, 0.15) is 13.2 Å². The van der Waals surface area contributed by atoms with E-state index >= 15 is 0 Å². The van der Waals surface area contributed by atoms with E-state index in [1.54, 1.807) is 0 Å². The molecule has 0 N–H and O–H groups in total. The highest BCUT2D eigenvalue weighted by Crippen LogP contribution is 2.16. The highest BCUT2D eigenvalue weighted by Gasteiger charge is 2.19. The summed E-state index contributed by atoms with van der Waals surface area (Å²) in [5.41, 5.74) is 0. The molecule has 0 bridgehead atoms. The molecule has 0 aromatic rings. The van der Waals surface area contributed by atoms with Gasteiger partial charge in [-0.3, -0.25) is 14.4 Å². The molecule has 0 aliphatic heterocycles. The first kappa shape index (κ1) is 55.9. The first-order chi connectivity index (χ1) is 28.5. The van der Waals surface area contributed by atoms with Gasteiger partial charge in [0.25, 0.3) is 0 Å². The first-order valence-corrected chi connectivity index (χ1v) is 25.3. The van der Waals surface area contributed by atoms with Crippen molar-refractivity contribution in [1.82, 2.24) is 0 Å². The average Bonchev–Trinajstić information content (AvgIpc) is 3.22. The van der Waals surface area contributed by atoms with E-state index in [-0.39, 0.29) is 31.1 Å². The summed E-state index contributed by atoms with van der Waals surface area (Å²) in [7, 11) is 0. The topological polar surface area (TPSA) is 78.9 Å². The molecule has 0 saturated carbocycles. The van der Waals surface area contributed by atoms with Crippen LogP contribution in [-0.4, -0.2) is 37.2 Å². The maximum atomic E-state index is 12.8. The Labute approximate surface area is 360 Å². The number of esters is 3. The minimum atomic E-state index is -0.771. The Morgan fingerprint density at radius 3 is 1.00 bits per heavy atom. The second-order valence-electron chi connectivity index (χ2n) is 17.1. The van der Waals surface area contributed by atoms with Crippen LogP contribution in [0.15, 0.2) is 24.3 Å². The van der Waals surface area contributed by atoms with Crippen molar-refractivity contribution in [3.05, 3.63) is 24.3 Å². The minimum Gasteiger partial charge on any atom is -0.462 e. The molecule has 1 atom stereocenters. The van der Waals surface area contributed by atoms with Gasteiger partial charge >= 0.3 is 17.9 Å². The van der Waals surface area contributed by atoms with Crippen LogP contribution in [0.2, 0.25) is 0 Å². The summed E-state index contributed by atoms with van der Waals surface area (Å²) in [5.74, 6) is -0.876. The number of unbranched alkanes of at least 4 members (excludes halogenated alkanes) is 31. The Balaban J connectivity index is 4.32. The number of rotatable bonds is 46. The van der Waals surface area contributed by atoms with Crippen molar-refractivity contribution in [3.8, 4) is 0 Å². The molecule has 58 heavy (non-hydrogen) atoms. The quantitative estimate of drug-likeness (QED) is 0.0263. The van der Waals surface area contributed by atoms with E-state index in [0.29, 0.717) is 19.3 Å². The monoisotopic (exact) mass is 817 g/mol. The molecule has 6 heteroatoms. The Kier molecular flexibility index (Phi) is 45.8. The van der Waals surface area contributed by atoms with Gasteiger partial charge in [0.15, 0.2) is 6.10 Å². The van der Waals surface area contributed by atoms with E-state index in [1.807, 2.05) is 0 Å². The van der Waals surface area contributed by atoms with Crippen LogP contribution in [0.4, 0.5) is 0 Å². The zero-order chi connectivity index (χ0) is 42.3. The fourth-order valence-electron chi connectivity index (χ4n) is 7.34. The Morgan fingerprint density at radius 2 is 0.638 bits per heavy atom. The molecular weight excluding hydrogens is 721 g/mol. The molecular formula is C52H96O6. The molecule has 0 spiro atoms. The molecule has 0 rings (SSSR count). The fourth-order valence-corrected chi connectivity index (χ4v) is 7.34. The molecule has 0 aliphatic rings. The molecule has 0 amide bonds. The summed E-state index contributed by atoms with van der Waals surface area (Å²) in [6, 6.07) is 0. The van der Waals surface area contributed by atoms with Crippen molar-refractivity contribution in [1.29, 1.82) is 0 Å². The van der Waals surface area contributed by atoms with Crippen LogP contribution in [0.3, 0.4) is 0 Å². The van der Waals surface area contributed by atoms with Crippen LogP contribution in [-0.2, 0) is 28.6 Å². The molecule has 340 valence electrons. The van der Waals surface area contributed by atoms with Gasteiger partial charge < -0.3 is 14.2 Å². The van der Waals surface area contributed by atoms with Crippen LogP contribution in [0.25, 0.3) is 0 Å². The largest absolute Gasteiger partial charge is 0.462 e. The predicted molar refractivity (Wildman–Crippen MR) is 247 cm³/mol. The zero-order valence-corrected chi connectivity index (χ0v) is 38.8. The van der Waals surface area contributed by atoms with E-state index < -0.39 is 6.10 Å². The van der Waals surface area contributed by atoms with Gasteiger partial charge in [-0.1, -0.05) is 231 Å². The van der Waals surface area contributed by atoms with E-state index in [0.717, 1.165) is 83.5 Å². The summed E-state index contributed by atoms with van der Waals surface area (Å²) in [4.78, 5) is 37.9. The highest BCUT2D eigenvalue weighted by molar-refractivity contribution is 5.71.